The van der Waals surface area contributed by atoms with Crippen LogP contribution in [-0.4, -0.2) is 34.8 Å². The van der Waals surface area contributed by atoms with Crippen molar-refractivity contribution in [2.75, 3.05) is 13.1 Å². The Bertz CT molecular complexity index is 527. The van der Waals surface area contributed by atoms with Crippen molar-refractivity contribution < 1.29 is 14.6 Å². The molecule has 0 saturated carbocycles. The Kier molecular flexibility index (Phi) is 5.35. The van der Waals surface area contributed by atoms with Crippen molar-refractivity contribution >= 4 is 17.7 Å². The van der Waals surface area contributed by atoms with Crippen LogP contribution >= 0.6 is 11.6 Å². The molecule has 1 unspecified atom stereocenters. The molecule has 1 aromatic carbocycles. The van der Waals surface area contributed by atoms with Gasteiger partial charge in [0.25, 0.3) is 0 Å². The molecule has 2 rings (SSSR count). The minimum Gasteiger partial charge on any atom is -0.444 e. The Morgan fingerprint density at radius 2 is 2.18 bits per heavy atom. The van der Waals surface area contributed by atoms with Crippen LogP contribution in [0.5, 0.6) is 0 Å². The highest BCUT2D eigenvalue weighted by Crippen LogP contribution is 2.31. The maximum atomic E-state index is 12.2. The number of amides is 1. The van der Waals surface area contributed by atoms with Gasteiger partial charge in [0, 0.05) is 24.0 Å². The van der Waals surface area contributed by atoms with E-state index in [0.29, 0.717) is 18.1 Å². The number of hydrogen-bond acceptors (Lipinski definition) is 3. The lowest BCUT2D eigenvalue weighted by molar-refractivity contribution is 0.00239. The summed E-state index contributed by atoms with van der Waals surface area (Å²) in [5, 5.41) is 11.2. The molecular weight excluding hydrogens is 302 g/mol. The smallest absolute Gasteiger partial charge is 0.410 e. The summed E-state index contributed by atoms with van der Waals surface area (Å²) in [5.74, 6) is -0.000245. The highest BCUT2D eigenvalue weighted by atomic mass is 35.5. The van der Waals surface area contributed by atoms with Gasteiger partial charge in [-0.2, -0.15) is 0 Å². The largest absolute Gasteiger partial charge is 0.444 e. The van der Waals surface area contributed by atoms with E-state index in [9.17, 15) is 9.90 Å². The zero-order valence-corrected chi connectivity index (χ0v) is 14.1. The van der Waals surface area contributed by atoms with Crippen LogP contribution in [0.1, 0.15) is 45.3 Å². The Morgan fingerprint density at radius 3 is 2.82 bits per heavy atom. The second-order valence-electron chi connectivity index (χ2n) is 6.83. The van der Waals surface area contributed by atoms with Crippen LogP contribution in [0.4, 0.5) is 4.79 Å². The summed E-state index contributed by atoms with van der Waals surface area (Å²) in [6.45, 7) is 6.74. The summed E-state index contributed by atoms with van der Waals surface area (Å²) in [6, 6.07) is 7.25. The fraction of sp³-hybridized carbons (Fsp3) is 0.588. The highest BCUT2D eigenvalue weighted by Gasteiger charge is 2.31. The number of carbonyl (C=O) groups is 1. The van der Waals surface area contributed by atoms with Gasteiger partial charge >= 0.3 is 6.09 Å². The van der Waals surface area contributed by atoms with Crippen molar-refractivity contribution in [3.63, 3.8) is 0 Å². The third-order valence-corrected chi connectivity index (χ3v) is 3.98. The van der Waals surface area contributed by atoms with Gasteiger partial charge in [-0.3, -0.25) is 0 Å². The first-order valence-electron chi connectivity index (χ1n) is 7.68. The zero-order chi connectivity index (χ0) is 16.3. The second-order valence-corrected chi connectivity index (χ2v) is 7.26. The Morgan fingerprint density at radius 1 is 1.45 bits per heavy atom. The summed E-state index contributed by atoms with van der Waals surface area (Å²) in [5.41, 5.74) is 0.291. The molecule has 1 aliphatic rings. The SMILES string of the molecule is CC(C)(C)OC(=O)N1CCC[C@@H](C(O)c2cccc(Cl)c2)C1. The molecular formula is C17H24ClNO3. The molecule has 1 aromatic rings. The maximum absolute atomic E-state index is 12.2. The maximum Gasteiger partial charge on any atom is 0.410 e. The van der Waals surface area contributed by atoms with E-state index < -0.39 is 11.7 Å². The van der Waals surface area contributed by atoms with Crippen molar-refractivity contribution in [1.82, 2.24) is 4.90 Å². The van der Waals surface area contributed by atoms with Gasteiger partial charge in [0.05, 0.1) is 6.10 Å². The minimum atomic E-state index is -0.621. The molecule has 1 aliphatic heterocycles. The van der Waals surface area contributed by atoms with E-state index in [1.54, 1.807) is 17.0 Å². The summed E-state index contributed by atoms with van der Waals surface area (Å²) in [6.07, 6.45) is 0.813. The van der Waals surface area contributed by atoms with Crippen molar-refractivity contribution in [3.8, 4) is 0 Å². The predicted octanol–water partition coefficient (Wildman–Crippen LogP) is 4.02. The zero-order valence-electron chi connectivity index (χ0n) is 13.4. The molecule has 1 heterocycles. The molecule has 0 aliphatic carbocycles. The van der Waals surface area contributed by atoms with E-state index in [4.69, 9.17) is 16.3 Å². The fourth-order valence-electron chi connectivity index (χ4n) is 2.72. The van der Waals surface area contributed by atoms with Gasteiger partial charge < -0.3 is 14.7 Å². The molecule has 0 aromatic heterocycles. The van der Waals surface area contributed by atoms with Gasteiger partial charge in [0.15, 0.2) is 0 Å². The van der Waals surface area contributed by atoms with Gasteiger partial charge in [-0.15, -0.1) is 0 Å². The van der Waals surface area contributed by atoms with Crippen molar-refractivity contribution in [1.29, 1.82) is 0 Å². The Hall–Kier alpha value is -1.26. The quantitative estimate of drug-likeness (QED) is 0.893. The number of rotatable bonds is 2. The van der Waals surface area contributed by atoms with Gasteiger partial charge in [0.1, 0.15) is 5.60 Å². The Labute approximate surface area is 137 Å². The lowest BCUT2D eigenvalue weighted by atomic mass is 9.89. The van der Waals surface area contributed by atoms with Crippen LogP contribution in [-0.2, 0) is 4.74 Å². The van der Waals surface area contributed by atoms with Gasteiger partial charge in [-0.05, 0) is 51.3 Å². The number of halogens is 1. The van der Waals surface area contributed by atoms with E-state index in [1.807, 2.05) is 32.9 Å². The highest BCUT2D eigenvalue weighted by molar-refractivity contribution is 6.30. The molecule has 122 valence electrons. The van der Waals surface area contributed by atoms with E-state index in [-0.39, 0.29) is 12.0 Å². The number of hydrogen-bond donors (Lipinski definition) is 1. The average molecular weight is 326 g/mol. The molecule has 1 amide bonds. The second kappa shape index (κ2) is 6.88. The molecule has 1 saturated heterocycles. The number of nitrogens with zero attached hydrogens (tertiary/aromatic N) is 1. The van der Waals surface area contributed by atoms with E-state index in [1.165, 1.54) is 0 Å². The molecule has 4 nitrogen and oxygen atoms in total. The molecule has 1 fully saturated rings. The van der Waals surface area contributed by atoms with E-state index in [0.717, 1.165) is 18.4 Å². The lowest BCUT2D eigenvalue weighted by Gasteiger charge is -2.36. The standard InChI is InChI=1S/C17H24ClNO3/c1-17(2,3)22-16(21)19-9-5-7-13(11-19)15(20)12-6-4-8-14(18)10-12/h4,6,8,10,13,15,20H,5,7,9,11H2,1-3H3/t13-,15?/m1/s1. The van der Waals surface area contributed by atoms with Crippen LogP contribution in [0.2, 0.25) is 5.02 Å². The molecule has 0 radical (unpaired) electrons. The number of benzene rings is 1. The van der Waals surface area contributed by atoms with Gasteiger partial charge in [-0.1, -0.05) is 23.7 Å². The first kappa shape index (κ1) is 17.1. The van der Waals surface area contributed by atoms with Crippen LogP contribution in [0, 0.1) is 5.92 Å². The van der Waals surface area contributed by atoms with Crippen LogP contribution in [0.15, 0.2) is 24.3 Å². The van der Waals surface area contributed by atoms with Gasteiger partial charge in [0.2, 0.25) is 0 Å². The average Bonchev–Trinajstić information content (AvgIpc) is 2.45. The number of likely N-dealkylation sites (tertiary alicyclic amines) is 1. The van der Waals surface area contributed by atoms with Gasteiger partial charge in [-0.25, -0.2) is 4.79 Å². The van der Waals surface area contributed by atoms with E-state index >= 15 is 0 Å². The number of aliphatic hydroxyl groups excluding tert-OH is 1. The number of aliphatic hydroxyl groups is 1. The summed E-state index contributed by atoms with van der Waals surface area (Å²) < 4.78 is 5.41. The molecule has 22 heavy (non-hydrogen) atoms. The van der Waals surface area contributed by atoms with Crippen molar-refractivity contribution in [3.05, 3.63) is 34.9 Å². The third-order valence-electron chi connectivity index (χ3n) is 3.75. The van der Waals surface area contributed by atoms with Crippen LogP contribution in [0.3, 0.4) is 0 Å². The normalized spacial score (nSPS) is 20.6. The number of ether oxygens (including phenoxy) is 1. The van der Waals surface area contributed by atoms with Crippen LogP contribution in [0.25, 0.3) is 0 Å². The molecule has 5 heteroatoms. The topological polar surface area (TPSA) is 49.8 Å². The molecule has 2 atom stereocenters. The summed E-state index contributed by atoms with van der Waals surface area (Å²) >= 11 is 5.98. The third kappa shape index (κ3) is 4.62. The van der Waals surface area contributed by atoms with E-state index in [2.05, 4.69) is 0 Å². The minimum absolute atomic E-state index is 0.000245. The lowest BCUT2D eigenvalue weighted by Crippen LogP contribution is -2.44. The first-order valence-corrected chi connectivity index (χ1v) is 8.05. The van der Waals surface area contributed by atoms with Crippen molar-refractivity contribution in [2.24, 2.45) is 5.92 Å². The van der Waals surface area contributed by atoms with Crippen molar-refractivity contribution in [2.45, 2.75) is 45.3 Å². The molecule has 0 bridgehead atoms. The number of carbonyl (C=O) groups excluding carboxylic acids is 1. The summed E-state index contributed by atoms with van der Waals surface area (Å²) in [4.78, 5) is 13.9. The molecule has 0 spiro atoms. The summed E-state index contributed by atoms with van der Waals surface area (Å²) in [7, 11) is 0. The Balaban J connectivity index is 2.02. The number of piperidine rings is 1. The van der Waals surface area contributed by atoms with Crippen LogP contribution < -0.4 is 0 Å². The fourth-order valence-corrected chi connectivity index (χ4v) is 2.92. The predicted molar refractivity (Wildman–Crippen MR) is 86.9 cm³/mol. The first-order chi connectivity index (χ1) is 10.3. The molecule has 1 N–H and O–H groups in total. The monoisotopic (exact) mass is 325 g/mol.